The number of imide groups is 1. The van der Waals surface area contributed by atoms with Crippen LogP contribution < -0.4 is 9.64 Å². The fourth-order valence-electron chi connectivity index (χ4n) is 4.28. The third-order valence-electron chi connectivity index (χ3n) is 5.98. The van der Waals surface area contributed by atoms with Crippen LogP contribution in [0.3, 0.4) is 0 Å². The molecule has 1 N–H and O–H groups in total. The fraction of sp³-hybridized carbons (Fsp3) is 0.391. The van der Waals surface area contributed by atoms with E-state index in [0.29, 0.717) is 49.0 Å². The smallest absolute Gasteiger partial charge is 0.251 e. The van der Waals surface area contributed by atoms with E-state index in [1.165, 1.54) is 4.90 Å². The topological polar surface area (TPSA) is 70.1 Å². The van der Waals surface area contributed by atoms with E-state index in [2.05, 4.69) is 0 Å². The maximum Gasteiger partial charge on any atom is 0.251 e. The highest BCUT2D eigenvalue weighted by molar-refractivity contribution is 6.30. The van der Waals surface area contributed by atoms with Crippen molar-refractivity contribution in [2.24, 2.45) is 0 Å². The molecule has 0 saturated carbocycles. The van der Waals surface area contributed by atoms with Crippen molar-refractivity contribution < 1.29 is 19.4 Å². The van der Waals surface area contributed by atoms with E-state index in [1.807, 2.05) is 24.0 Å². The van der Waals surface area contributed by atoms with Gasteiger partial charge in [-0.05, 0) is 61.7 Å². The molecule has 1 atom stereocenters. The summed E-state index contributed by atoms with van der Waals surface area (Å²) in [6.45, 7) is 3.54. The zero-order valence-corrected chi connectivity index (χ0v) is 17.6. The fourth-order valence-corrected chi connectivity index (χ4v) is 4.41. The van der Waals surface area contributed by atoms with Crippen LogP contribution in [0.2, 0.25) is 5.02 Å². The average Bonchev–Trinajstić information content (AvgIpc) is 3.04. The average molecular weight is 429 g/mol. The molecule has 1 unspecified atom stereocenters. The Labute approximate surface area is 181 Å². The summed E-state index contributed by atoms with van der Waals surface area (Å²) >= 11 is 5.95. The summed E-state index contributed by atoms with van der Waals surface area (Å²) in [7, 11) is 0. The van der Waals surface area contributed by atoms with Crippen LogP contribution in [0.4, 0.5) is 5.69 Å². The number of hydrogen-bond donors (Lipinski definition) is 1. The number of carbonyl (C=O) groups is 2. The number of amides is 2. The van der Waals surface area contributed by atoms with Crippen molar-refractivity contribution in [3.8, 4) is 5.75 Å². The van der Waals surface area contributed by atoms with Gasteiger partial charge in [-0.15, -0.1) is 0 Å². The molecule has 2 fully saturated rings. The number of benzene rings is 2. The first-order valence-electron chi connectivity index (χ1n) is 10.2. The van der Waals surface area contributed by atoms with Gasteiger partial charge in [-0.3, -0.25) is 14.5 Å². The van der Waals surface area contributed by atoms with Crippen LogP contribution in [0.25, 0.3) is 0 Å². The molecule has 2 amide bonds. The molecule has 2 aromatic carbocycles. The standard InChI is InChI=1S/C23H25ClN2O4/c1-2-30-19-9-7-18(8-10-19)26-21(27)15-20(22(26)28)25-13-11-23(29,12-14-25)16-3-5-17(24)6-4-16/h3-10,20,29H,2,11-15H2,1H3. The van der Waals surface area contributed by atoms with Crippen molar-refractivity contribution in [3.63, 3.8) is 0 Å². The van der Waals surface area contributed by atoms with Gasteiger partial charge in [0.05, 0.1) is 30.4 Å². The quantitative estimate of drug-likeness (QED) is 0.739. The van der Waals surface area contributed by atoms with Gasteiger partial charge in [0.25, 0.3) is 5.91 Å². The lowest BCUT2D eigenvalue weighted by molar-refractivity contribution is -0.124. The van der Waals surface area contributed by atoms with Gasteiger partial charge in [0.1, 0.15) is 5.75 Å². The Bertz CT molecular complexity index is 921. The minimum Gasteiger partial charge on any atom is -0.494 e. The molecule has 158 valence electrons. The van der Waals surface area contributed by atoms with Crippen LogP contribution >= 0.6 is 11.6 Å². The van der Waals surface area contributed by atoms with Crippen molar-refractivity contribution >= 4 is 29.1 Å². The van der Waals surface area contributed by atoms with Gasteiger partial charge >= 0.3 is 0 Å². The summed E-state index contributed by atoms with van der Waals surface area (Å²) in [5.41, 5.74) is 0.448. The third-order valence-corrected chi connectivity index (χ3v) is 6.23. The molecule has 7 heteroatoms. The molecular formula is C23H25ClN2O4. The number of ether oxygens (including phenoxy) is 1. The first kappa shape index (κ1) is 20.8. The van der Waals surface area contributed by atoms with Crippen LogP contribution in [-0.2, 0) is 15.2 Å². The zero-order chi connectivity index (χ0) is 21.3. The minimum absolute atomic E-state index is 0.158. The lowest BCUT2D eigenvalue weighted by Gasteiger charge is -2.40. The van der Waals surface area contributed by atoms with Crippen molar-refractivity contribution in [3.05, 3.63) is 59.1 Å². The Morgan fingerprint density at radius 2 is 1.70 bits per heavy atom. The second kappa shape index (κ2) is 8.38. The molecule has 0 spiro atoms. The van der Waals surface area contributed by atoms with Crippen molar-refractivity contribution in [2.45, 2.75) is 37.8 Å². The third kappa shape index (κ3) is 3.95. The number of likely N-dealkylation sites (tertiary alicyclic amines) is 1. The minimum atomic E-state index is -0.943. The van der Waals surface area contributed by atoms with Crippen molar-refractivity contribution in [1.29, 1.82) is 0 Å². The zero-order valence-electron chi connectivity index (χ0n) is 16.9. The molecule has 2 aromatic rings. The Balaban J connectivity index is 1.44. The molecule has 2 heterocycles. The van der Waals surface area contributed by atoms with Crippen LogP contribution in [0, 0.1) is 0 Å². The number of hydrogen-bond acceptors (Lipinski definition) is 5. The van der Waals surface area contributed by atoms with Gasteiger partial charge < -0.3 is 9.84 Å². The van der Waals surface area contributed by atoms with Gasteiger partial charge in [-0.1, -0.05) is 23.7 Å². The number of carbonyl (C=O) groups excluding carboxylic acids is 2. The van der Waals surface area contributed by atoms with Crippen LogP contribution in [-0.4, -0.2) is 47.6 Å². The molecular weight excluding hydrogens is 404 g/mol. The largest absolute Gasteiger partial charge is 0.494 e. The Morgan fingerprint density at radius 3 is 2.30 bits per heavy atom. The van der Waals surface area contributed by atoms with E-state index in [1.54, 1.807) is 36.4 Å². The molecule has 6 nitrogen and oxygen atoms in total. The van der Waals surface area contributed by atoms with Crippen molar-refractivity contribution in [2.75, 3.05) is 24.6 Å². The summed E-state index contributed by atoms with van der Waals surface area (Å²) in [5.74, 6) is 0.295. The second-order valence-corrected chi connectivity index (χ2v) is 8.23. The van der Waals surface area contributed by atoms with Gasteiger partial charge in [-0.2, -0.15) is 0 Å². The van der Waals surface area contributed by atoms with Crippen LogP contribution in [0.5, 0.6) is 5.75 Å². The predicted molar refractivity (Wildman–Crippen MR) is 115 cm³/mol. The van der Waals surface area contributed by atoms with E-state index in [4.69, 9.17) is 16.3 Å². The number of aliphatic hydroxyl groups is 1. The number of piperidine rings is 1. The molecule has 30 heavy (non-hydrogen) atoms. The molecule has 2 saturated heterocycles. The summed E-state index contributed by atoms with van der Waals surface area (Å²) in [6, 6.07) is 13.7. The maximum absolute atomic E-state index is 13.1. The van der Waals surface area contributed by atoms with Crippen LogP contribution in [0.1, 0.15) is 31.7 Å². The number of anilines is 1. The first-order chi connectivity index (χ1) is 14.4. The van der Waals surface area contributed by atoms with E-state index < -0.39 is 11.6 Å². The monoisotopic (exact) mass is 428 g/mol. The number of nitrogens with zero attached hydrogens (tertiary/aromatic N) is 2. The van der Waals surface area contributed by atoms with E-state index in [9.17, 15) is 14.7 Å². The lowest BCUT2D eigenvalue weighted by Crippen LogP contribution is -2.49. The van der Waals surface area contributed by atoms with E-state index in [-0.39, 0.29) is 18.2 Å². The highest BCUT2D eigenvalue weighted by atomic mass is 35.5. The first-order valence-corrected chi connectivity index (χ1v) is 10.6. The molecule has 0 radical (unpaired) electrons. The van der Waals surface area contributed by atoms with E-state index >= 15 is 0 Å². The lowest BCUT2D eigenvalue weighted by atomic mass is 9.84. The molecule has 0 aliphatic carbocycles. The summed E-state index contributed by atoms with van der Waals surface area (Å²) in [4.78, 5) is 28.9. The summed E-state index contributed by atoms with van der Waals surface area (Å²) < 4.78 is 5.43. The van der Waals surface area contributed by atoms with E-state index in [0.717, 1.165) is 5.56 Å². The molecule has 0 aromatic heterocycles. The van der Waals surface area contributed by atoms with Gasteiger partial charge in [-0.25, -0.2) is 4.90 Å². The van der Waals surface area contributed by atoms with Crippen molar-refractivity contribution in [1.82, 2.24) is 4.90 Å². The Morgan fingerprint density at radius 1 is 1.07 bits per heavy atom. The SMILES string of the molecule is CCOc1ccc(N2C(=O)CC(N3CCC(O)(c4ccc(Cl)cc4)CC3)C2=O)cc1. The Hall–Kier alpha value is -2.41. The molecule has 2 aliphatic heterocycles. The van der Waals surface area contributed by atoms with Crippen LogP contribution in [0.15, 0.2) is 48.5 Å². The maximum atomic E-state index is 13.1. The molecule has 2 aliphatic rings. The summed E-state index contributed by atoms with van der Waals surface area (Å²) in [5, 5.41) is 11.7. The highest BCUT2D eigenvalue weighted by Gasteiger charge is 2.45. The predicted octanol–water partition coefficient (Wildman–Crippen LogP) is 3.35. The second-order valence-electron chi connectivity index (χ2n) is 7.79. The van der Waals surface area contributed by atoms with Gasteiger partial charge in [0.15, 0.2) is 0 Å². The molecule has 0 bridgehead atoms. The number of halogens is 1. The highest BCUT2D eigenvalue weighted by Crippen LogP contribution is 2.36. The van der Waals surface area contributed by atoms with Gasteiger partial charge in [0.2, 0.25) is 5.91 Å². The summed E-state index contributed by atoms with van der Waals surface area (Å²) in [6.07, 6.45) is 1.15. The van der Waals surface area contributed by atoms with Gasteiger partial charge in [0, 0.05) is 18.1 Å². The number of rotatable bonds is 5. The Kier molecular flexibility index (Phi) is 5.82. The molecule has 4 rings (SSSR count). The normalized spacial score (nSPS) is 21.8.